The van der Waals surface area contributed by atoms with Crippen molar-refractivity contribution in [3.05, 3.63) is 57.8 Å². The van der Waals surface area contributed by atoms with Crippen LogP contribution < -0.4 is 5.73 Å². The van der Waals surface area contributed by atoms with Crippen LogP contribution in [0.3, 0.4) is 0 Å². The minimum atomic E-state index is -0.291. The summed E-state index contributed by atoms with van der Waals surface area (Å²) in [6, 6.07) is 10.1. The maximum Gasteiger partial charge on any atom is 0.124 e. The monoisotopic (exact) mass is 301 g/mol. The molecule has 0 aliphatic heterocycles. The van der Waals surface area contributed by atoms with Gasteiger partial charge in [0.15, 0.2) is 0 Å². The van der Waals surface area contributed by atoms with E-state index >= 15 is 0 Å². The van der Waals surface area contributed by atoms with Crippen LogP contribution in [0.15, 0.2) is 46.2 Å². The minimum absolute atomic E-state index is 0.291. The Bertz CT molecular complexity index is 575. The highest BCUT2D eigenvalue weighted by Gasteiger charge is 2.04. The van der Waals surface area contributed by atoms with E-state index in [1.165, 1.54) is 23.9 Å². The highest BCUT2D eigenvalue weighted by molar-refractivity contribution is 7.99. The predicted molar refractivity (Wildman–Crippen MR) is 74.9 cm³/mol. The first-order chi connectivity index (χ1) is 8.58. The van der Waals surface area contributed by atoms with Crippen LogP contribution >= 0.6 is 35.0 Å². The van der Waals surface area contributed by atoms with Crippen molar-refractivity contribution in [3.8, 4) is 0 Å². The van der Waals surface area contributed by atoms with Crippen LogP contribution in [-0.4, -0.2) is 0 Å². The highest BCUT2D eigenvalue weighted by atomic mass is 35.5. The van der Waals surface area contributed by atoms with E-state index in [9.17, 15) is 4.39 Å². The molecule has 2 aromatic rings. The quantitative estimate of drug-likeness (QED) is 0.886. The zero-order valence-electron chi connectivity index (χ0n) is 9.29. The van der Waals surface area contributed by atoms with Gasteiger partial charge in [0, 0.05) is 16.3 Å². The number of hydrogen-bond donors (Lipinski definition) is 1. The van der Waals surface area contributed by atoms with Crippen LogP contribution in [0.5, 0.6) is 0 Å². The van der Waals surface area contributed by atoms with Gasteiger partial charge in [-0.15, -0.1) is 0 Å². The predicted octanol–water partition coefficient (Wildman–Crippen LogP) is 4.74. The van der Waals surface area contributed by atoms with E-state index in [1.807, 2.05) is 12.1 Å². The summed E-state index contributed by atoms with van der Waals surface area (Å²) in [5.41, 5.74) is 6.27. The fourth-order valence-corrected chi connectivity index (χ4v) is 2.80. The third-order valence-corrected chi connectivity index (χ3v) is 3.99. The third kappa shape index (κ3) is 3.39. The van der Waals surface area contributed by atoms with Crippen molar-refractivity contribution in [3.63, 3.8) is 0 Å². The topological polar surface area (TPSA) is 26.0 Å². The van der Waals surface area contributed by atoms with Gasteiger partial charge in [-0.05, 0) is 42.0 Å². The van der Waals surface area contributed by atoms with Crippen LogP contribution in [0.1, 0.15) is 5.56 Å². The molecule has 0 aliphatic rings. The van der Waals surface area contributed by atoms with Gasteiger partial charge in [0.25, 0.3) is 0 Å². The molecule has 0 saturated heterocycles. The summed E-state index contributed by atoms with van der Waals surface area (Å²) in [7, 11) is 0. The van der Waals surface area contributed by atoms with Crippen molar-refractivity contribution in [2.24, 2.45) is 5.73 Å². The van der Waals surface area contributed by atoms with Crippen LogP contribution in [0.4, 0.5) is 4.39 Å². The van der Waals surface area contributed by atoms with Gasteiger partial charge < -0.3 is 5.73 Å². The second-order valence-corrected chi connectivity index (χ2v) is 5.64. The molecule has 2 aromatic carbocycles. The Morgan fingerprint density at radius 2 is 1.78 bits per heavy atom. The van der Waals surface area contributed by atoms with Gasteiger partial charge in [-0.1, -0.05) is 35.0 Å². The van der Waals surface area contributed by atoms with Gasteiger partial charge >= 0.3 is 0 Å². The Hall–Kier alpha value is -0.740. The molecule has 0 amide bonds. The summed E-state index contributed by atoms with van der Waals surface area (Å²) < 4.78 is 13.3. The maximum atomic E-state index is 13.3. The molecule has 0 spiro atoms. The molecule has 0 unspecified atom stereocenters. The van der Waals surface area contributed by atoms with Gasteiger partial charge in [-0.25, -0.2) is 4.39 Å². The maximum absolute atomic E-state index is 13.3. The van der Waals surface area contributed by atoms with Crippen molar-refractivity contribution in [1.82, 2.24) is 0 Å². The van der Waals surface area contributed by atoms with Crippen LogP contribution in [-0.2, 0) is 6.54 Å². The molecule has 1 nitrogen and oxygen atoms in total. The van der Waals surface area contributed by atoms with E-state index in [0.29, 0.717) is 16.6 Å². The Labute approximate surface area is 119 Å². The average Bonchev–Trinajstić information content (AvgIpc) is 2.33. The summed E-state index contributed by atoms with van der Waals surface area (Å²) in [5.74, 6) is -0.291. The molecule has 0 saturated carbocycles. The molecule has 94 valence electrons. The number of benzene rings is 2. The lowest BCUT2D eigenvalue weighted by molar-refractivity contribution is 0.621. The number of nitrogens with two attached hydrogens (primary N) is 1. The first kappa shape index (κ1) is 13.7. The van der Waals surface area contributed by atoms with Gasteiger partial charge in [0.05, 0.1) is 10.0 Å². The SMILES string of the molecule is NCc1cc(F)cc(Sc2ccc(Cl)c(Cl)c2)c1. The van der Waals surface area contributed by atoms with Crippen molar-refractivity contribution >= 4 is 35.0 Å². The van der Waals surface area contributed by atoms with Crippen molar-refractivity contribution in [2.75, 3.05) is 0 Å². The Kier molecular flexibility index (Phi) is 4.51. The molecular weight excluding hydrogens is 292 g/mol. The molecule has 0 radical (unpaired) electrons. The number of hydrogen-bond acceptors (Lipinski definition) is 2. The van der Waals surface area contributed by atoms with E-state index in [4.69, 9.17) is 28.9 Å². The Morgan fingerprint density at radius 1 is 1.00 bits per heavy atom. The summed E-state index contributed by atoms with van der Waals surface area (Å²) in [5, 5.41) is 0.986. The minimum Gasteiger partial charge on any atom is -0.326 e. The molecular formula is C13H10Cl2FNS. The van der Waals surface area contributed by atoms with Crippen molar-refractivity contribution in [2.45, 2.75) is 16.3 Å². The molecule has 0 bridgehead atoms. The zero-order chi connectivity index (χ0) is 13.1. The summed E-state index contributed by atoms with van der Waals surface area (Å²) in [6.07, 6.45) is 0. The highest BCUT2D eigenvalue weighted by Crippen LogP contribution is 2.33. The first-order valence-electron chi connectivity index (χ1n) is 5.21. The lowest BCUT2D eigenvalue weighted by Gasteiger charge is -2.05. The molecule has 0 fully saturated rings. The second kappa shape index (κ2) is 5.93. The lowest BCUT2D eigenvalue weighted by Crippen LogP contribution is -1.96. The fourth-order valence-electron chi connectivity index (χ4n) is 1.47. The standard InChI is InChI=1S/C13H10Cl2FNS/c14-12-2-1-10(6-13(12)15)18-11-4-8(7-17)3-9(16)5-11/h1-6H,7,17H2. The van der Waals surface area contributed by atoms with Crippen molar-refractivity contribution < 1.29 is 4.39 Å². The molecule has 18 heavy (non-hydrogen) atoms. The van der Waals surface area contributed by atoms with Crippen LogP contribution in [0.2, 0.25) is 10.0 Å². The van der Waals surface area contributed by atoms with E-state index in [1.54, 1.807) is 12.1 Å². The summed E-state index contributed by atoms with van der Waals surface area (Å²) in [4.78, 5) is 1.69. The van der Waals surface area contributed by atoms with Gasteiger partial charge in [-0.3, -0.25) is 0 Å². The van der Waals surface area contributed by atoms with Gasteiger partial charge in [0.1, 0.15) is 5.82 Å². The van der Waals surface area contributed by atoms with E-state index in [-0.39, 0.29) is 5.82 Å². The van der Waals surface area contributed by atoms with E-state index < -0.39 is 0 Å². The second-order valence-electron chi connectivity index (χ2n) is 3.68. The van der Waals surface area contributed by atoms with Gasteiger partial charge in [-0.2, -0.15) is 0 Å². The van der Waals surface area contributed by atoms with E-state index in [2.05, 4.69) is 0 Å². The molecule has 0 heterocycles. The molecule has 0 aliphatic carbocycles. The Balaban J connectivity index is 2.27. The first-order valence-corrected chi connectivity index (χ1v) is 6.78. The smallest absolute Gasteiger partial charge is 0.124 e. The average molecular weight is 302 g/mol. The van der Waals surface area contributed by atoms with Gasteiger partial charge in [0.2, 0.25) is 0 Å². The van der Waals surface area contributed by atoms with Crippen molar-refractivity contribution in [1.29, 1.82) is 0 Å². The zero-order valence-corrected chi connectivity index (χ0v) is 11.6. The largest absolute Gasteiger partial charge is 0.326 e. The number of rotatable bonds is 3. The van der Waals surface area contributed by atoms with Crippen LogP contribution in [0.25, 0.3) is 0 Å². The molecule has 2 rings (SSSR count). The molecule has 0 atom stereocenters. The molecule has 2 N–H and O–H groups in total. The fraction of sp³-hybridized carbons (Fsp3) is 0.0769. The van der Waals surface area contributed by atoms with Crippen LogP contribution in [0, 0.1) is 5.82 Å². The summed E-state index contributed by atoms with van der Waals surface area (Å²) >= 11 is 13.2. The normalized spacial score (nSPS) is 10.7. The van der Waals surface area contributed by atoms with E-state index in [0.717, 1.165) is 15.4 Å². The Morgan fingerprint density at radius 3 is 2.44 bits per heavy atom. The molecule has 0 aromatic heterocycles. The number of halogens is 3. The lowest BCUT2D eigenvalue weighted by atomic mass is 10.2. The molecule has 5 heteroatoms. The summed E-state index contributed by atoms with van der Waals surface area (Å²) in [6.45, 7) is 0.312. The third-order valence-electron chi connectivity index (χ3n) is 2.29.